The summed E-state index contributed by atoms with van der Waals surface area (Å²) in [5.41, 5.74) is 1.48. The minimum Gasteiger partial charge on any atom is -0.393 e. The van der Waals surface area contributed by atoms with E-state index >= 15 is 0 Å². The lowest BCUT2D eigenvalue weighted by Crippen LogP contribution is -2.66. The van der Waals surface area contributed by atoms with Gasteiger partial charge in [-0.25, -0.2) is 0 Å². The Hall–Kier alpha value is -0.670. The van der Waals surface area contributed by atoms with Crippen LogP contribution in [0, 0.1) is 50.2 Å². The number of hydrogen-bond acceptors (Lipinski definition) is 3. The second-order valence-corrected chi connectivity index (χ2v) is 15.0. The quantitative estimate of drug-likeness (QED) is 0.359. The van der Waals surface area contributed by atoms with Gasteiger partial charge in [0, 0.05) is 5.41 Å². The topological polar surface area (TPSA) is 57.5 Å². The van der Waals surface area contributed by atoms with Crippen LogP contribution in [0.4, 0.5) is 0 Å². The molecule has 10 atom stereocenters. The fraction of sp³-hybridized carbons (Fsp3) is 0.900. The molecule has 2 N–H and O–H groups in total. The van der Waals surface area contributed by atoms with Crippen LogP contribution in [0.1, 0.15) is 106 Å². The van der Waals surface area contributed by atoms with E-state index in [4.69, 9.17) is 0 Å². The highest BCUT2D eigenvalue weighted by Gasteiger charge is 2.69. The van der Waals surface area contributed by atoms with Crippen molar-refractivity contribution in [1.29, 1.82) is 0 Å². The molecule has 4 fully saturated rings. The van der Waals surface area contributed by atoms with Gasteiger partial charge in [0.05, 0.1) is 17.6 Å². The van der Waals surface area contributed by atoms with E-state index in [0.717, 1.165) is 51.2 Å². The predicted molar refractivity (Wildman–Crippen MR) is 132 cm³/mol. The van der Waals surface area contributed by atoms with Crippen LogP contribution in [0.25, 0.3) is 0 Å². The summed E-state index contributed by atoms with van der Waals surface area (Å²) in [6.45, 7) is 16.7. The molecule has 186 valence electrons. The number of hydrogen-bond donors (Lipinski definition) is 2. The van der Waals surface area contributed by atoms with Gasteiger partial charge in [0.25, 0.3) is 0 Å². The molecule has 33 heavy (non-hydrogen) atoms. The summed E-state index contributed by atoms with van der Waals surface area (Å²) < 4.78 is 0. The maximum atomic E-state index is 12.3. The largest absolute Gasteiger partial charge is 0.393 e. The number of fused-ring (bicyclic) bond motifs is 7. The molecule has 3 nitrogen and oxygen atoms in total. The minimum absolute atomic E-state index is 0.00377. The van der Waals surface area contributed by atoms with Gasteiger partial charge in [0.2, 0.25) is 0 Å². The Balaban J connectivity index is 1.60. The van der Waals surface area contributed by atoms with Crippen molar-refractivity contribution in [2.75, 3.05) is 0 Å². The molecule has 0 spiro atoms. The third kappa shape index (κ3) is 2.85. The van der Waals surface area contributed by atoms with E-state index < -0.39 is 11.5 Å². The third-order valence-electron chi connectivity index (χ3n) is 13.1. The number of carbonyl (C=O) groups excluding carboxylic acids is 1. The van der Waals surface area contributed by atoms with Crippen LogP contribution in [0.3, 0.4) is 0 Å². The summed E-state index contributed by atoms with van der Waals surface area (Å²) in [6.07, 6.45) is 12.2. The highest BCUT2D eigenvalue weighted by Crippen LogP contribution is 2.75. The van der Waals surface area contributed by atoms with Gasteiger partial charge >= 0.3 is 0 Å². The zero-order valence-corrected chi connectivity index (χ0v) is 22.2. The van der Waals surface area contributed by atoms with E-state index in [1.54, 1.807) is 5.57 Å². The fourth-order valence-corrected chi connectivity index (χ4v) is 10.5. The van der Waals surface area contributed by atoms with Crippen molar-refractivity contribution >= 4 is 6.29 Å². The van der Waals surface area contributed by atoms with Gasteiger partial charge in [0.15, 0.2) is 0 Å². The molecular formula is C30H48O3. The van der Waals surface area contributed by atoms with Gasteiger partial charge in [-0.2, -0.15) is 0 Å². The lowest BCUT2D eigenvalue weighted by atomic mass is 9.33. The molecule has 0 aromatic rings. The normalized spacial score (nSPS) is 57.6. The summed E-state index contributed by atoms with van der Waals surface area (Å²) in [6, 6.07) is 0. The van der Waals surface area contributed by atoms with Crippen LogP contribution in [-0.2, 0) is 4.79 Å². The van der Waals surface area contributed by atoms with Gasteiger partial charge < -0.3 is 15.0 Å². The van der Waals surface area contributed by atoms with Gasteiger partial charge in [-0.15, -0.1) is 0 Å². The smallest absolute Gasteiger partial charge is 0.128 e. The summed E-state index contributed by atoms with van der Waals surface area (Å²) in [4.78, 5) is 12.3. The highest BCUT2D eigenvalue weighted by atomic mass is 16.3. The zero-order chi connectivity index (χ0) is 24.2. The van der Waals surface area contributed by atoms with Crippen molar-refractivity contribution in [3.05, 3.63) is 11.6 Å². The lowest BCUT2D eigenvalue weighted by molar-refractivity contribution is -0.212. The maximum Gasteiger partial charge on any atom is 0.128 e. The molecule has 0 heterocycles. The van der Waals surface area contributed by atoms with Gasteiger partial charge in [0.1, 0.15) is 6.29 Å². The Morgan fingerprint density at radius 3 is 2.18 bits per heavy atom. The van der Waals surface area contributed by atoms with Crippen LogP contribution >= 0.6 is 0 Å². The van der Waals surface area contributed by atoms with Crippen molar-refractivity contribution in [3.8, 4) is 0 Å². The number of aliphatic hydroxyl groups is 2. The lowest BCUT2D eigenvalue weighted by Gasteiger charge is -2.71. The number of allylic oxidation sites excluding steroid dienone is 2. The van der Waals surface area contributed by atoms with E-state index in [0.29, 0.717) is 17.3 Å². The van der Waals surface area contributed by atoms with Crippen LogP contribution in [0.5, 0.6) is 0 Å². The monoisotopic (exact) mass is 456 g/mol. The Kier molecular flexibility index (Phi) is 5.07. The first-order valence-corrected chi connectivity index (χ1v) is 13.7. The molecule has 5 rings (SSSR count). The molecule has 5 aliphatic carbocycles. The van der Waals surface area contributed by atoms with E-state index in [2.05, 4.69) is 47.6 Å². The van der Waals surface area contributed by atoms with E-state index in [-0.39, 0.29) is 33.7 Å². The van der Waals surface area contributed by atoms with Gasteiger partial charge in [-0.1, -0.05) is 60.1 Å². The molecule has 0 radical (unpaired) electrons. The SMILES string of the molecule is CC1(C)CC[C@]2(C)[C@H](O)C[C@]3(C)C(=CCC4[C@@]5(C)CC[C@H](O)[C@@](C)(C=O)C5CC[C@]43C)[C@@H]2C1. The average Bonchev–Trinajstić information content (AvgIpc) is 2.73. The number of rotatable bonds is 1. The second-order valence-electron chi connectivity index (χ2n) is 15.0. The molecule has 0 aromatic carbocycles. The average molecular weight is 457 g/mol. The van der Waals surface area contributed by atoms with Gasteiger partial charge in [-0.05, 0) is 97.2 Å². The molecule has 2 unspecified atom stereocenters. The Bertz CT molecular complexity index is 876. The highest BCUT2D eigenvalue weighted by molar-refractivity contribution is 5.61. The molecule has 0 aliphatic heterocycles. The molecule has 0 bridgehead atoms. The summed E-state index contributed by atoms with van der Waals surface area (Å²) in [7, 11) is 0. The fourth-order valence-electron chi connectivity index (χ4n) is 10.5. The first-order valence-electron chi connectivity index (χ1n) is 13.7. The Morgan fingerprint density at radius 1 is 0.818 bits per heavy atom. The molecule has 0 saturated heterocycles. The van der Waals surface area contributed by atoms with Crippen LogP contribution in [-0.4, -0.2) is 28.7 Å². The van der Waals surface area contributed by atoms with Crippen molar-refractivity contribution in [2.45, 2.75) is 118 Å². The number of carbonyl (C=O) groups is 1. The zero-order valence-electron chi connectivity index (χ0n) is 22.2. The standard InChI is InChI=1S/C30H48O3/c1-25(2)14-15-26(3)20(16-25)19-8-9-22-27(4)12-11-23(32)28(5,18-31)21(27)10-13-29(22,6)30(19,7)17-24(26)33/h8,18,20-24,32-33H,9-17H2,1-7H3/t20-,21?,22?,23-,24+,26-,27-,28-,29+,30+/m0/s1. The number of aliphatic hydroxyl groups excluding tert-OH is 2. The van der Waals surface area contributed by atoms with E-state index in [1.165, 1.54) is 12.8 Å². The first kappa shape index (κ1) is 24.0. The van der Waals surface area contributed by atoms with Crippen LogP contribution < -0.4 is 0 Å². The third-order valence-corrected chi connectivity index (χ3v) is 13.1. The molecule has 0 aromatic heterocycles. The van der Waals surface area contributed by atoms with Crippen molar-refractivity contribution in [3.63, 3.8) is 0 Å². The number of aldehydes is 1. The van der Waals surface area contributed by atoms with Crippen LogP contribution in [0.15, 0.2) is 11.6 Å². The van der Waals surface area contributed by atoms with Gasteiger partial charge in [-0.3, -0.25) is 0 Å². The minimum atomic E-state index is -0.642. The molecule has 3 heteroatoms. The van der Waals surface area contributed by atoms with Crippen LogP contribution in [0.2, 0.25) is 0 Å². The van der Waals surface area contributed by atoms with E-state index in [9.17, 15) is 15.0 Å². The summed E-state index contributed by atoms with van der Waals surface area (Å²) in [5, 5.41) is 22.5. The van der Waals surface area contributed by atoms with Crippen molar-refractivity contribution in [1.82, 2.24) is 0 Å². The maximum absolute atomic E-state index is 12.3. The predicted octanol–water partition coefficient (Wildman–Crippen LogP) is 6.32. The Morgan fingerprint density at radius 2 is 1.52 bits per heavy atom. The molecule has 5 aliphatic rings. The summed E-state index contributed by atoms with van der Waals surface area (Å²) >= 11 is 0. The second kappa shape index (κ2) is 6.96. The first-order chi connectivity index (χ1) is 15.2. The Labute approximate surface area is 201 Å². The molecule has 0 amide bonds. The van der Waals surface area contributed by atoms with Crippen molar-refractivity contribution < 1.29 is 15.0 Å². The van der Waals surface area contributed by atoms with E-state index in [1.807, 2.05) is 6.92 Å². The molecular weight excluding hydrogens is 408 g/mol. The van der Waals surface area contributed by atoms with Crippen molar-refractivity contribution in [2.24, 2.45) is 50.2 Å². The molecule has 4 saturated carbocycles. The summed E-state index contributed by atoms with van der Waals surface area (Å²) in [5.74, 6) is 1.18.